The van der Waals surface area contributed by atoms with Crippen LogP contribution in [0.25, 0.3) is 0 Å². The van der Waals surface area contributed by atoms with Crippen molar-refractivity contribution in [2.75, 3.05) is 20.0 Å². The third-order valence-electron chi connectivity index (χ3n) is 1.36. The van der Waals surface area contributed by atoms with Gasteiger partial charge in [0.1, 0.15) is 5.88 Å². The molecule has 0 aliphatic rings. The SMILES string of the molecule is CN(C)CS(=O)(=O)C(C)(C)C. The third-order valence-corrected chi connectivity index (χ3v) is 4.08. The van der Waals surface area contributed by atoms with E-state index in [2.05, 4.69) is 0 Å². The summed E-state index contributed by atoms with van der Waals surface area (Å²) in [7, 11) is 0.535. The highest BCUT2D eigenvalue weighted by Gasteiger charge is 2.28. The van der Waals surface area contributed by atoms with Crippen LogP contribution in [0.5, 0.6) is 0 Å². The van der Waals surface area contributed by atoms with E-state index in [1.165, 1.54) is 0 Å². The van der Waals surface area contributed by atoms with Gasteiger partial charge in [-0.25, -0.2) is 8.42 Å². The highest BCUT2D eigenvalue weighted by atomic mass is 32.2. The van der Waals surface area contributed by atoms with E-state index in [1.54, 1.807) is 39.8 Å². The smallest absolute Gasteiger partial charge is 0.168 e. The molecule has 0 saturated heterocycles. The molecule has 0 amide bonds. The molecule has 0 fully saturated rings. The first kappa shape index (κ1) is 10.9. The van der Waals surface area contributed by atoms with Gasteiger partial charge in [0.15, 0.2) is 9.84 Å². The topological polar surface area (TPSA) is 37.4 Å². The van der Waals surface area contributed by atoms with Gasteiger partial charge in [0.05, 0.1) is 4.75 Å². The van der Waals surface area contributed by atoms with Crippen LogP contribution >= 0.6 is 0 Å². The van der Waals surface area contributed by atoms with E-state index in [-0.39, 0.29) is 5.88 Å². The maximum Gasteiger partial charge on any atom is 0.168 e. The van der Waals surface area contributed by atoms with Gasteiger partial charge < -0.3 is 0 Å². The third kappa shape index (κ3) is 3.20. The molecule has 4 heteroatoms. The molecule has 0 rings (SSSR count). The molecule has 0 heterocycles. The predicted octanol–water partition coefficient (Wildman–Crippen LogP) is 0.719. The predicted molar refractivity (Wildman–Crippen MR) is 47.2 cm³/mol. The van der Waals surface area contributed by atoms with Crippen molar-refractivity contribution >= 4 is 9.84 Å². The molecule has 0 aliphatic carbocycles. The van der Waals surface area contributed by atoms with Gasteiger partial charge in [-0.05, 0) is 34.9 Å². The second kappa shape index (κ2) is 3.11. The van der Waals surface area contributed by atoms with Crippen molar-refractivity contribution in [3.8, 4) is 0 Å². The molecule has 0 aromatic heterocycles. The molecule has 0 spiro atoms. The summed E-state index contributed by atoms with van der Waals surface area (Å²) in [6, 6.07) is 0. The van der Waals surface area contributed by atoms with E-state index < -0.39 is 14.6 Å². The summed E-state index contributed by atoms with van der Waals surface area (Å²) in [5.41, 5.74) is 0. The Hall–Kier alpha value is -0.0900. The van der Waals surface area contributed by atoms with E-state index in [0.717, 1.165) is 0 Å². The highest BCUT2D eigenvalue weighted by molar-refractivity contribution is 7.92. The molecule has 3 nitrogen and oxygen atoms in total. The molecule has 0 unspecified atom stereocenters. The van der Waals surface area contributed by atoms with Crippen LogP contribution in [0.3, 0.4) is 0 Å². The van der Waals surface area contributed by atoms with Crippen molar-refractivity contribution in [3.63, 3.8) is 0 Å². The average molecular weight is 179 g/mol. The highest BCUT2D eigenvalue weighted by Crippen LogP contribution is 2.15. The molecule has 11 heavy (non-hydrogen) atoms. The van der Waals surface area contributed by atoms with Gasteiger partial charge in [-0.15, -0.1) is 0 Å². The zero-order valence-electron chi connectivity index (χ0n) is 7.88. The molecular formula is C7H17NO2S. The van der Waals surface area contributed by atoms with Gasteiger partial charge in [0.25, 0.3) is 0 Å². The van der Waals surface area contributed by atoms with Crippen molar-refractivity contribution in [2.45, 2.75) is 25.5 Å². The maximum absolute atomic E-state index is 11.4. The molecule has 0 aliphatic heterocycles. The number of hydrogen-bond donors (Lipinski definition) is 0. The van der Waals surface area contributed by atoms with Gasteiger partial charge in [-0.3, -0.25) is 4.90 Å². The van der Waals surface area contributed by atoms with Crippen molar-refractivity contribution in [1.82, 2.24) is 4.90 Å². The summed E-state index contributed by atoms with van der Waals surface area (Å²) >= 11 is 0. The fourth-order valence-electron chi connectivity index (χ4n) is 0.534. The fourth-order valence-corrected chi connectivity index (χ4v) is 1.60. The molecule has 0 aromatic rings. The van der Waals surface area contributed by atoms with E-state index in [4.69, 9.17) is 0 Å². The second-order valence-electron chi connectivity index (χ2n) is 3.94. The minimum absolute atomic E-state index is 0.122. The minimum atomic E-state index is -2.97. The lowest BCUT2D eigenvalue weighted by molar-refractivity contribution is 0.451. The molecule has 68 valence electrons. The quantitative estimate of drug-likeness (QED) is 0.627. The first-order valence-corrected chi connectivity index (χ1v) is 5.19. The monoisotopic (exact) mass is 179 g/mol. The Morgan fingerprint density at radius 2 is 1.55 bits per heavy atom. The van der Waals surface area contributed by atoms with Crippen LogP contribution in [0.1, 0.15) is 20.8 Å². The first-order chi connectivity index (χ1) is 4.67. The van der Waals surface area contributed by atoms with Crippen molar-refractivity contribution < 1.29 is 8.42 Å². The molecule has 0 bridgehead atoms. The average Bonchev–Trinajstić information content (AvgIpc) is 1.56. The second-order valence-corrected chi connectivity index (χ2v) is 6.65. The summed E-state index contributed by atoms with van der Waals surface area (Å²) in [6.07, 6.45) is 0. The van der Waals surface area contributed by atoms with Crippen LogP contribution in [-0.2, 0) is 9.84 Å². The van der Waals surface area contributed by atoms with Gasteiger partial charge in [-0.2, -0.15) is 0 Å². The Labute approximate surface area is 69.3 Å². The summed E-state index contributed by atoms with van der Waals surface area (Å²) < 4.78 is 22.2. The first-order valence-electron chi connectivity index (χ1n) is 3.54. The van der Waals surface area contributed by atoms with Gasteiger partial charge >= 0.3 is 0 Å². The van der Waals surface area contributed by atoms with Crippen LogP contribution in [0, 0.1) is 0 Å². The largest absolute Gasteiger partial charge is 0.296 e. The molecule has 0 saturated carbocycles. The number of nitrogens with zero attached hydrogens (tertiary/aromatic N) is 1. The summed E-state index contributed by atoms with van der Waals surface area (Å²) in [5.74, 6) is 0.122. The van der Waals surface area contributed by atoms with Crippen molar-refractivity contribution in [1.29, 1.82) is 0 Å². The van der Waals surface area contributed by atoms with Crippen LogP contribution in [-0.4, -0.2) is 38.0 Å². The van der Waals surface area contributed by atoms with E-state index in [1.807, 2.05) is 0 Å². The Kier molecular flexibility index (Phi) is 3.08. The van der Waals surface area contributed by atoms with Crippen molar-refractivity contribution in [3.05, 3.63) is 0 Å². The van der Waals surface area contributed by atoms with E-state index in [0.29, 0.717) is 0 Å². The Morgan fingerprint density at radius 1 is 1.18 bits per heavy atom. The molecule has 0 N–H and O–H groups in total. The van der Waals surface area contributed by atoms with Crippen molar-refractivity contribution in [2.24, 2.45) is 0 Å². The number of hydrogen-bond acceptors (Lipinski definition) is 3. The zero-order chi connectivity index (χ0) is 9.28. The van der Waals surface area contributed by atoms with Crippen LogP contribution < -0.4 is 0 Å². The molecule has 0 atom stereocenters. The van der Waals surface area contributed by atoms with Gasteiger partial charge in [0.2, 0.25) is 0 Å². The lowest BCUT2D eigenvalue weighted by Gasteiger charge is -2.21. The standard InChI is InChI=1S/C7H17NO2S/c1-7(2,3)11(9,10)6-8(4)5/h6H2,1-5H3. The van der Waals surface area contributed by atoms with Gasteiger partial charge in [-0.1, -0.05) is 0 Å². The minimum Gasteiger partial charge on any atom is -0.296 e. The van der Waals surface area contributed by atoms with E-state index >= 15 is 0 Å². The van der Waals surface area contributed by atoms with Crippen LogP contribution in [0.4, 0.5) is 0 Å². The Balaban J connectivity index is 4.51. The normalized spacial score (nSPS) is 14.0. The van der Waals surface area contributed by atoms with Crippen LogP contribution in [0.2, 0.25) is 0 Å². The van der Waals surface area contributed by atoms with Gasteiger partial charge in [0, 0.05) is 0 Å². The number of rotatable bonds is 2. The number of sulfone groups is 1. The Bertz CT molecular complexity index is 211. The molecular weight excluding hydrogens is 162 g/mol. The summed E-state index contributed by atoms with van der Waals surface area (Å²) in [5, 5.41) is 0. The summed E-state index contributed by atoms with van der Waals surface area (Å²) in [6.45, 7) is 5.14. The van der Waals surface area contributed by atoms with E-state index in [9.17, 15) is 8.42 Å². The lowest BCUT2D eigenvalue weighted by atomic mass is 10.3. The lowest BCUT2D eigenvalue weighted by Crippen LogP contribution is -2.35. The molecule has 0 radical (unpaired) electrons. The zero-order valence-corrected chi connectivity index (χ0v) is 8.70. The Morgan fingerprint density at radius 3 is 1.64 bits per heavy atom. The van der Waals surface area contributed by atoms with Crippen LogP contribution in [0.15, 0.2) is 0 Å². The molecule has 0 aromatic carbocycles. The maximum atomic E-state index is 11.4. The fraction of sp³-hybridized carbons (Fsp3) is 1.00. The summed E-state index contributed by atoms with van der Waals surface area (Å²) in [4.78, 5) is 1.67.